The summed E-state index contributed by atoms with van der Waals surface area (Å²) >= 11 is 1.51. The van der Waals surface area contributed by atoms with Crippen LogP contribution in [0.4, 0.5) is 5.13 Å². The Morgan fingerprint density at radius 1 is 1.20 bits per heavy atom. The Bertz CT molecular complexity index is 876. The molecule has 0 amide bonds. The highest BCUT2D eigenvalue weighted by molar-refractivity contribution is 7.15. The number of hydrogen-bond donors (Lipinski definition) is 3. The molecule has 0 saturated heterocycles. The Hall–Kier alpha value is -3.06. The molecule has 3 N–H and O–H groups in total. The maximum atomic E-state index is 9.69. The third-order valence-corrected chi connectivity index (χ3v) is 4.37. The topological polar surface area (TPSA) is 87.0 Å². The largest absolute Gasteiger partial charge is 0.508 e. The first kappa shape index (κ1) is 16.8. The molecule has 0 bridgehead atoms. The first-order valence-corrected chi connectivity index (χ1v) is 8.34. The van der Waals surface area contributed by atoms with Crippen molar-refractivity contribution in [2.75, 3.05) is 12.5 Å². The lowest BCUT2D eigenvalue weighted by atomic mass is 10.1. The zero-order chi connectivity index (χ0) is 17.6. The molecule has 0 saturated carbocycles. The Kier molecular flexibility index (Phi) is 5.15. The fourth-order valence-corrected chi connectivity index (χ4v) is 2.98. The summed E-state index contributed by atoms with van der Waals surface area (Å²) in [5.41, 5.74) is 4.52. The van der Waals surface area contributed by atoms with Crippen LogP contribution in [0.5, 0.6) is 17.2 Å². The number of benzene rings is 2. The monoisotopic (exact) mass is 355 g/mol. The summed E-state index contributed by atoms with van der Waals surface area (Å²) in [4.78, 5) is 5.39. The van der Waals surface area contributed by atoms with E-state index in [1.807, 2.05) is 30.5 Å². The molecule has 25 heavy (non-hydrogen) atoms. The van der Waals surface area contributed by atoms with Crippen molar-refractivity contribution >= 4 is 22.7 Å². The maximum absolute atomic E-state index is 9.69. The number of phenols is 2. The van der Waals surface area contributed by atoms with Gasteiger partial charge >= 0.3 is 0 Å². The molecule has 0 aliphatic heterocycles. The third-order valence-electron chi connectivity index (χ3n) is 3.47. The van der Waals surface area contributed by atoms with Crippen LogP contribution in [0, 0.1) is 0 Å². The van der Waals surface area contributed by atoms with Crippen molar-refractivity contribution in [3.8, 4) is 17.2 Å². The van der Waals surface area contributed by atoms with Crippen LogP contribution in [0.3, 0.4) is 0 Å². The van der Waals surface area contributed by atoms with Crippen LogP contribution in [0.15, 0.2) is 53.8 Å². The predicted octanol–water partition coefficient (Wildman–Crippen LogP) is 3.60. The van der Waals surface area contributed by atoms with Gasteiger partial charge < -0.3 is 14.9 Å². The van der Waals surface area contributed by atoms with Crippen LogP contribution < -0.4 is 10.2 Å². The Balaban J connectivity index is 1.60. The number of rotatable bonds is 6. The molecule has 0 radical (unpaired) electrons. The van der Waals surface area contributed by atoms with Gasteiger partial charge in [-0.2, -0.15) is 5.10 Å². The van der Waals surface area contributed by atoms with Crippen molar-refractivity contribution in [3.05, 3.63) is 64.7 Å². The number of methoxy groups -OCH3 is 1. The number of aromatic hydroxyl groups is 2. The molecule has 0 atom stereocenters. The van der Waals surface area contributed by atoms with Gasteiger partial charge in [-0.15, -0.1) is 11.3 Å². The fraction of sp³-hybridized carbons (Fsp3) is 0.111. The van der Waals surface area contributed by atoms with Crippen LogP contribution in [0.25, 0.3) is 0 Å². The second-order valence-corrected chi connectivity index (χ2v) is 6.38. The molecule has 0 unspecified atom stereocenters. The van der Waals surface area contributed by atoms with Crippen LogP contribution in [-0.2, 0) is 6.42 Å². The number of anilines is 1. The minimum absolute atomic E-state index is 0.00528. The zero-order valence-corrected chi connectivity index (χ0v) is 14.3. The SMILES string of the molecule is COc1ccc(Cc2cnc(N/N=C/c3ccc(O)cc3O)s2)cc1. The minimum atomic E-state index is -0.0371. The molecule has 6 nitrogen and oxygen atoms in total. The summed E-state index contributed by atoms with van der Waals surface area (Å²) in [6.45, 7) is 0. The Morgan fingerprint density at radius 3 is 2.72 bits per heavy atom. The highest BCUT2D eigenvalue weighted by atomic mass is 32.1. The minimum Gasteiger partial charge on any atom is -0.508 e. The first-order chi connectivity index (χ1) is 12.1. The normalized spacial score (nSPS) is 10.9. The number of phenolic OH excluding ortho intramolecular Hbond substituents is 2. The quantitative estimate of drug-likeness (QED) is 0.464. The first-order valence-electron chi connectivity index (χ1n) is 7.53. The number of ether oxygens (including phenoxy) is 1. The highest BCUT2D eigenvalue weighted by Gasteiger charge is 2.04. The lowest BCUT2D eigenvalue weighted by Crippen LogP contribution is -1.89. The lowest BCUT2D eigenvalue weighted by molar-refractivity contribution is 0.414. The highest BCUT2D eigenvalue weighted by Crippen LogP contribution is 2.23. The van der Waals surface area contributed by atoms with E-state index >= 15 is 0 Å². The van der Waals surface area contributed by atoms with E-state index in [4.69, 9.17) is 4.74 Å². The smallest absolute Gasteiger partial charge is 0.203 e. The molecule has 0 aliphatic rings. The Labute approximate surface area is 149 Å². The molecular formula is C18H17N3O3S. The van der Waals surface area contributed by atoms with Gasteiger partial charge in [-0.05, 0) is 29.8 Å². The van der Waals surface area contributed by atoms with E-state index in [9.17, 15) is 10.2 Å². The van der Waals surface area contributed by atoms with Crippen molar-refractivity contribution in [2.45, 2.75) is 6.42 Å². The van der Waals surface area contributed by atoms with Crippen molar-refractivity contribution in [1.29, 1.82) is 0 Å². The van der Waals surface area contributed by atoms with Gasteiger partial charge in [0.1, 0.15) is 17.2 Å². The lowest BCUT2D eigenvalue weighted by Gasteiger charge is -2.01. The summed E-state index contributed by atoms with van der Waals surface area (Å²) < 4.78 is 5.15. The molecule has 1 aromatic heterocycles. The summed E-state index contributed by atoms with van der Waals surface area (Å²) in [6, 6.07) is 12.2. The summed E-state index contributed by atoms with van der Waals surface area (Å²) in [6.07, 6.45) is 4.07. The Morgan fingerprint density at radius 2 is 2.00 bits per heavy atom. The van der Waals surface area contributed by atoms with E-state index in [0.29, 0.717) is 10.7 Å². The van der Waals surface area contributed by atoms with E-state index in [0.717, 1.165) is 17.0 Å². The number of hydrogen-bond acceptors (Lipinski definition) is 7. The van der Waals surface area contributed by atoms with E-state index < -0.39 is 0 Å². The molecule has 0 spiro atoms. The molecule has 3 aromatic rings. The molecule has 2 aromatic carbocycles. The van der Waals surface area contributed by atoms with Crippen molar-refractivity contribution in [3.63, 3.8) is 0 Å². The second-order valence-electron chi connectivity index (χ2n) is 5.27. The molecule has 128 valence electrons. The molecule has 0 fully saturated rings. The van der Waals surface area contributed by atoms with Crippen molar-refractivity contribution in [2.24, 2.45) is 5.10 Å². The van der Waals surface area contributed by atoms with Crippen LogP contribution in [0.2, 0.25) is 0 Å². The van der Waals surface area contributed by atoms with Gasteiger partial charge in [-0.3, -0.25) is 5.43 Å². The third kappa shape index (κ3) is 4.48. The van der Waals surface area contributed by atoms with Crippen LogP contribution in [-0.4, -0.2) is 28.5 Å². The second kappa shape index (κ2) is 7.67. The summed E-state index contributed by atoms with van der Waals surface area (Å²) in [5.74, 6) is 0.804. The van der Waals surface area contributed by atoms with Crippen molar-refractivity contribution < 1.29 is 14.9 Å². The van der Waals surface area contributed by atoms with Gasteiger partial charge in [0.15, 0.2) is 0 Å². The fourth-order valence-electron chi connectivity index (χ4n) is 2.18. The predicted molar refractivity (Wildman–Crippen MR) is 98.9 cm³/mol. The van der Waals surface area contributed by atoms with E-state index in [1.165, 1.54) is 35.2 Å². The number of thiazole rings is 1. The number of aromatic nitrogens is 1. The van der Waals surface area contributed by atoms with E-state index in [1.54, 1.807) is 13.2 Å². The molecular weight excluding hydrogens is 338 g/mol. The number of nitrogens with one attached hydrogen (secondary N) is 1. The molecule has 1 heterocycles. The van der Waals surface area contributed by atoms with Gasteiger partial charge in [-0.25, -0.2) is 4.98 Å². The average molecular weight is 355 g/mol. The number of hydrazone groups is 1. The van der Waals surface area contributed by atoms with Gasteiger partial charge in [0.05, 0.1) is 13.3 Å². The van der Waals surface area contributed by atoms with Gasteiger partial charge in [0.2, 0.25) is 5.13 Å². The van der Waals surface area contributed by atoms with E-state index in [2.05, 4.69) is 15.5 Å². The molecule has 7 heteroatoms. The molecule has 0 aliphatic carbocycles. The van der Waals surface area contributed by atoms with Crippen LogP contribution >= 0.6 is 11.3 Å². The van der Waals surface area contributed by atoms with Crippen molar-refractivity contribution in [1.82, 2.24) is 4.98 Å². The zero-order valence-electron chi connectivity index (χ0n) is 13.5. The summed E-state index contributed by atoms with van der Waals surface area (Å²) in [7, 11) is 1.65. The average Bonchev–Trinajstić information content (AvgIpc) is 3.05. The standard InChI is InChI=1S/C18H17N3O3S/c1-24-15-6-2-12(3-7-15)8-16-11-19-18(25-16)21-20-10-13-4-5-14(22)9-17(13)23/h2-7,9-11,22-23H,8H2,1H3,(H,19,21)/b20-10+. The van der Waals surface area contributed by atoms with Gasteiger partial charge in [-0.1, -0.05) is 12.1 Å². The molecule has 3 rings (SSSR count). The maximum Gasteiger partial charge on any atom is 0.203 e. The van der Waals surface area contributed by atoms with Gasteiger partial charge in [0, 0.05) is 29.1 Å². The van der Waals surface area contributed by atoms with E-state index in [-0.39, 0.29) is 11.5 Å². The summed E-state index contributed by atoms with van der Waals surface area (Å²) in [5, 5.41) is 23.7. The van der Waals surface area contributed by atoms with Gasteiger partial charge in [0.25, 0.3) is 0 Å². The number of nitrogens with zero attached hydrogens (tertiary/aromatic N) is 2. The van der Waals surface area contributed by atoms with Crippen LogP contribution in [0.1, 0.15) is 16.0 Å².